The van der Waals surface area contributed by atoms with Gasteiger partial charge in [-0.2, -0.15) is 0 Å². The number of rotatable bonds is 8. The lowest BCUT2D eigenvalue weighted by atomic mass is 10.1. The van der Waals surface area contributed by atoms with Crippen LogP contribution >= 0.6 is 0 Å². The zero-order valence-corrected chi connectivity index (χ0v) is 12.1. The van der Waals surface area contributed by atoms with E-state index in [-0.39, 0.29) is 12.1 Å². The van der Waals surface area contributed by atoms with Crippen LogP contribution in [0.25, 0.3) is 0 Å². The molecule has 20 heavy (non-hydrogen) atoms. The van der Waals surface area contributed by atoms with E-state index >= 15 is 0 Å². The van der Waals surface area contributed by atoms with Crippen molar-refractivity contribution >= 4 is 0 Å². The molecule has 4 nitrogen and oxygen atoms in total. The highest BCUT2D eigenvalue weighted by Crippen LogP contribution is 2.12. The fourth-order valence-electron chi connectivity index (χ4n) is 2.34. The van der Waals surface area contributed by atoms with Gasteiger partial charge in [0.1, 0.15) is 0 Å². The maximum atomic E-state index is 9.89. The molecule has 1 aliphatic heterocycles. The van der Waals surface area contributed by atoms with Gasteiger partial charge in [-0.05, 0) is 25.3 Å². The lowest BCUT2D eigenvalue weighted by Gasteiger charge is -2.18. The molecule has 0 bridgehead atoms. The van der Waals surface area contributed by atoms with E-state index in [0.29, 0.717) is 19.8 Å². The summed E-state index contributed by atoms with van der Waals surface area (Å²) < 4.78 is 11.0. The van der Waals surface area contributed by atoms with Gasteiger partial charge in [0.05, 0.1) is 25.4 Å². The second-order valence-electron chi connectivity index (χ2n) is 5.37. The number of ether oxygens (including phenoxy) is 2. The molecule has 0 amide bonds. The zero-order valence-electron chi connectivity index (χ0n) is 12.1. The van der Waals surface area contributed by atoms with E-state index in [1.54, 1.807) is 0 Å². The van der Waals surface area contributed by atoms with Crippen molar-refractivity contribution in [3.05, 3.63) is 35.9 Å². The Morgan fingerprint density at radius 1 is 1.40 bits per heavy atom. The summed E-state index contributed by atoms with van der Waals surface area (Å²) in [4.78, 5) is 0. The van der Waals surface area contributed by atoms with Crippen molar-refractivity contribution in [3.8, 4) is 0 Å². The molecule has 0 aromatic heterocycles. The standard InChI is InChI=1S/C16H25NO3/c1-13(14-6-3-2-4-7-14)17-10-15(18)11-19-12-16-8-5-9-20-16/h2-4,6-7,13,15-18H,5,8-12H2,1H3. The number of aliphatic hydroxyl groups excluding tert-OH is 1. The van der Waals surface area contributed by atoms with Crippen LogP contribution in [0.5, 0.6) is 0 Å². The quantitative estimate of drug-likeness (QED) is 0.763. The molecule has 0 radical (unpaired) electrons. The number of benzene rings is 1. The van der Waals surface area contributed by atoms with Crippen LogP contribution in [-0.2, 0) is 9.47 Å². The van der Waals surface area contributed by atoms with Gasteiger partial charge in [0.2, 0.25) is 0 Å². The fourth-order valence-corrected chi connectivity index (χ4v) is 2.34. The largest absolute Gasteiger partial charge is 0.389 e. The topological polar surface area (TPSA) is 50.7 Å². The van der Waals surface area contributed by atoms with Gasteiger partial charge >= 0.3 is 0 Å². The van der Waals surface area contributed by atoms with Crippen LogP contribution in [-0.4, -0.2) is 43.7 Å². The molecule has 3 unspecified atom stereocenters. The molecule has 1 heterocycles. The predicted molar refractivity (Wildman–Crippen MR) is 78.7 cm³/mol. The third kappa shape index (κ3) is 5.21. The van der Waals surface area contributed by atoms with Crippen molar-refractivity contribution in [2.75, 3.05) is 26.4 Å². The minimum atomic E-state index is -0.484. The molecule has 2 N–H and O–H groups in total. The molecule has 3 atom stereocenters. The Morgan fingerprint density at radius 2 is 2.20 bits per heavy atom. The van der Waals surface area contributed by atoms with E-state index in [1.165, 1.54) is 5.56 Å². The molecule has 1 saturated heterocycles. The van der Waals surface area contributed by atoms with Crippen molar-refractivity contribution in [1.29, 1.82) is 0 Å². The monoisotopic (exact) mass is 279 g/mol. The van der Waals surface area contributed by atoms with Crippen molar-refractivity contribution in [2.24, 2.45) is 0 Å². The minimum Gasteiger partial charge on any atom is -0.389 e. The normalized spacial score (nSPS) is 21.8. The summed E-state index contributed by atoms with van der Waals surface area (Å²) in [5.74, 6) is 0. The Bertz CT molecular complexity index is 365. The summed E-state index contributed by atoms with van der Waals surface area (Å²) in [6, 6.07) is 10.4. The second-order valence-corrected chi connectivity index (χ2v) is 5.37. The summed E-state index contributed by atoms with van der Waals surface area (Å²) >= 11 is 0. The van der Waals surface area contributed by atoms with Gasteiger partial charge in [-0.3, -0.25) is 0 Å². The van der Waals surface area contributed by atoms with E-state index in [2.05, 4.69) is 24.4 Å². The van der Waals surface area contributed by atoms with Crippen molar-refractivity contribution in [3.63, 3.8) is 0 Å². The average Bonchev–Trinajstić information content (AvgIpc) is 2.99. The first kappa shape index (κ1) is 15.4. The summed E-state index contributed by atoms with van der Waals surface area (Å²) in [6.45, 7) is 4.41. The first-order chi connectivity index (χ1) is 9.75. The van der Waals surface area contributed by atoms with Crippen LogP contribution in [0.15, 0.2) is 30.3 Å². The Balaban J connectivity index is 1.58. The van der Waals surface area contributed by atoms with Crippen LogP contribution in [0.3, 0.4) is 0 Å². The molecule has 0 saturated carbocycles. The van der Waals surface area contributed by atoms with Crippen LogP contribution < -0.4 is 5.32 Å². The van der Waals surface area contributed by atoms with Crippen LogP contribution in [0.1, 0.15) is 31.4 Å². The summed E-state index contributed by atoms with van der Waals surface area (Å²) in [6.07, 6.45) is 1.92. The Labute approximate surface area is 121 Å². The second kappa shape index (κ2) is 8.37. The molecule has 1 aromatic rings. The lowest BCUT2D eigenvalue weighted by Crippen LogP contribution is -2.33. The Hall–Kier alpha value is -0.940. The van der Waals surface area contributed by atoms with Crippen LogP contribution in [0, 0.1) is 0 Å². The van der Waals surface area contributed by atoms with Crippen molar-refractivity contribution < 1.29 is 14.6 Å². The van der Waals surface area contributed by atoms with Crippen molar-refractivity contribution in [1.82, 2.24) is 5.32 Å². The molecule has 4 heteroatoms. The van der Waals surface area contributed by atoms with Gasteiger partial charge < -0.3 is 19.9 Å². The molecule has 0 spiro atoms. The van der Waals surface area contributed by atoms with Gasteiger partial charge in [0.25, 0.3) is 0 Å². The molecule has 112 valence electrons. The third-order valence-electron chi connectivity index (χ3n) is 3.60. The average molecular weight is 279 g/mol. The molecule has 2 rings (SSSR count). The van der Waals surface area contributed by atoms with Crippen molar-refractivity contribution in [2.45, 2.75) is 38.0 Å². The van der Waals surface area contributed by atoms with E-state index in [1.807, 2.05) is 18.2 Å². The van der Waals surface area contributed by atoms with E-state index < -0.39 is 6.10 Å². The molecule has 0 aliphatic carbocycles. The number of hydrogen-bond donors (Lipinski definition) is 2. The minimum absolute atomic E-state index is 0.221. The maximum Gasteiger partial charge on any atom is 0.0897 e. The van der Waals surface area contributed by atoms with E-state index in [9.17, 15) is 5.11 Å². The summed E-state index contributed by atoms with van der Waals surface area (Å²) in [5.41, 5.74) is 1.22. The highest BCUT2D eigenvalue weighted by atomic mass is 16.5. The smallest absolute Gasteiger partial charge is 0.0897 e. The summed E-state index contributed by atoms with van der Waals surface area (Å²) in [5, 5.41) is 13.2. The van der Waals surface area contributed by atoms with Gasteiger partial charge in [0, 0.05) is 19.2 Å². The first-order valence-electron chi connectivity index (χ1n) is 7.41. The maximum absolute atomic E-state index is 9.89. The Kier molecular flexibility index (Phi) is 6.47. The lowest BCUT2D eigenvalue weighted by molar-refractivity contribution is -0.0168. The molecule has 1 aliphatic rings. The highest BCUT2D eigenvalue weighted by Gasteiger charge is 2.16. The first-order valence-corrected chi connectivity index (χ1v) is 7.41. The summed E-state index contributed by atoms with van der Waals surface area (Å²) in [7, 11) is 0. The van der Waals surface area contributed by atoms with Gasteiger partial charge in [-0.1, -0.05) is 30.3 Å². The fraction of sp³-hybridized carbons (Fsp3) is 0.625. The molecular formula is C16H25NO3. The number of aliphatic hydroxyl groups is 1. The number of nitrogens with one attached hydrogen (secondary N) is 1. The van der Waals surface area contributed by atoms with Gasteiger partial charge in [0.15, 0.2) is 0 Å². The van der Waals surface area contributed by atoms with Gasteiger partial charge in [-0.25, -0.2) is 0 Å². The van der Waals surface area contributed by atoms with E-state index in [4.69, 9.17) is 9.47 Å². The van der Waals surface area contributed by atoms with Crippen LogP contribution in [0.4, 0.5) is 0 Å². The van der Waals surface area contributed by atoms with Crippen LogP contribution in [0.2, 0.25) is 0 Å². The Morgan fingerprint density at radius 3 is 2.90 bits per heavy atom. The predicted octanol–water partition coefficient (Wildman–Crippen LogP) is 1.89. The molecule has 1 fully saturated rings. The molecular weight excluding hydrogens is 254 g/mol. The third-order valence-corrected chi connectivity index (χ3v) is 3.60. The highest BCUT2D eigenvalue weighted by molar-refractivity contribution is 5.17. The number of hydrogen-bond acceptors (Lipinski definition) is 4. The van der Waals surface area contributed by atoms with E-state index in [0.717, 1.165) is 19.4 Å². The van der Waals surface area contributed by atoms with Gasteiger partial charge in [-0.15, -0.1) is 0 Å². The zero-order chi connectivity index (χ0) is 14.2. The SMILES string of the molecule is CC(NCC(O)COCC1CCCO1)c1ccccc1. The molecule has 1 aromatic carbocycles.